The highest BCUT2D eigenvalue weighted by Crippen LogP contribution is 2.20. The van der Waals surface area contributed by atoms with Crippen LogP contribution in [0.3, 0.4) is 0 Å². The average molecular weight is 283 g/mol. The van der Waals surface area contributed by atoms with Crippen molar-refractivity contribution in [3.8, 4) is 0 Å². The number of carbonyl (C=O) groups is 1. The minimum absolute atomic E-state index is 0.0689. The Morgan fingerprint density at radius 3 is 2.88 bits per heavy atom. The molecule has 2 N–H and O–H groups in total. The first-order valence-corrected chi connectivity index (χ1v) is 5.83. The van der Waals surface area contributed by atoms with Gasteiger partial charge in [-0.15, -0.1) is 6.58 Å². The molecule has 1 rings (SSSR count). The SMILES string of the molecule is C=CC(C)NCC(=O)Nc1ccccc1Br. The molecular formula is C12H15BrN2O. The van der Waals surface area contributed by atoms with Crippen LogP contribution in [-0.2, 0) is 4.79 Å². The fraction of sp³-hybridized carbons (Fsp3) is 0.250. The number of carbonyl (C=O) groups excluding carboxylic acids is 1. The van der Waals surface area contributed by atoms with Crippen molar-refractivity contribution < 1.29 is 4.79 Å². The molecule has 0 aliphatic carbocycles. The number of para-hydroxylation sites is 1. The summed E-state index contributed by atoms with van der Waals surface area (Å²) in [7, 11) is 0. The van der Waals surface area contributed by atoms with E-state index in [9.17, 15) is 4.79 Å². The van der Waals surface area contributed by atoms with Gasteiger partial charge in [0, 0.05) is 10.5 Å². The molecular weight excluding hydrogens is 268 g/mol. The number of nitrogens with one attached hydrogen (secondary N) is 2. The van der Waals surface area contributed by atoms with E-state index in [4.69, 9.17) is 0 Å². The molecule has 0 heterocycles. The summed E-state index contributed by atoms with van der Waals surface area (Å²) in [5.41, 5.74) is 0.778. The monoisotopic (exact) mass is 282 g/mol. The zero-order valence-electron chi connectivity index (χ0n) is 9.16. The lowest BCUT2D eigenvalue weighted by atomic mass is 10.3. The first-order chi connectivity index (χ1) is 7.63. The summed E-state index contributed by atoms with van der Waals surface area (Å²) in [6.45, 7) is 5.85. The third kappa shape index (κ3) is 4.16. The van der Waals surface area contributed by atoms with Crippen LogP contribution >= 0.6 is 15.9 Å². The number of halogens is 1. The zero-order chi connectivity index (χ0) is 12.0. The average Bonchev–Trinajstić information content (AvgIpc) is 2.29. The Labute approximate surface area is 104 Å². The van der Waals surface area contributed by atoms with Crippen LogP contribution in [0.15, 0.2) is 41.4 Å². The third-order valence-electron chi connectivity index (χ3n) is 2.09. The van der Waals surface area contributed by atoms with Crippen LogP contribution in [0, 0.1) is 0 Å². The molecule has 1 atom stereocenters. The van der Waals surface area contributed by atoms with Gasteiger partial charge in [-0.2, -0.15) is 0 Å². The number of anilines is 1. The van der Waals surface area contributed by atoms with Gasteiger partial charge in [-0.05, 0) is 35.0 Å². The molecule has 0 spiro atoms. The molecule has 16 heavy (non-hydrogen) atoms. The molecule has 0 aromatic heterocycles. The molecule has 0 aliphatic rings. The van der Waals surface area contributed by atoms with Gasteiger partial charge in [0.15, 0.2) is 0 Å². The Bertz CT molecular complexity index is 379. The van der Waals surface area contributed by atoms with E-state index in [1.54, 1.807) is 6.08 Å². The van der Waals surface area contributed by atoms with Crippen LogP contribution in [0.1, 0.15) is 6.92 Å². The standard InChI is InChI=1S/C12H15BrN2O/c1-3-9(2)14-8-12(16)15-11-7-5-4-6-10(11)13/h3-7,9,14H,1,8H2,2H3,(H,15,16). The fourth-order valence-corrected chi connectivity index (χ4v) is 1.48. The first kappa shape index (κ1) is 12.9. The van der Waals surface area contributed by atoms with Crippen molar-refractivity contribution in [1.82, 2.24) is 5.32 Å². The van der Waals surface area contributed by atoms with Crippen molar-refractivity contribution in [3.63, 3.8) is 0 Å². The molecule has 86 valence electrons. The van der Waals surface area contributed by atoms with Crippen LogP contribution in [0.25, 0.3) is 0 Å². The highest BCUT2D eigenvalue weighted by atomic mass is 79.9. The topological polar surface area (TPSA) is 41.1 Å². The highest BCUT2D eigenvalue weighted by Gasteiger charge is 2.05. The second-order valence-corrected chi connectivity index (χ2v) is 4.29. The summed E-state index contributed by atoms with van der Waals surface area (Å²) >= 11 is 3.37. The van der Waals surface area contributed by atoms with Gasteiger partial charge in [-0.1, -0.05) is 18.2 Å². The maximum atomic E-state index is 11.6. The Morgan fingerprint density at radius 1 is 1.56 bits per heavy atom. The van der Waals surface area contributed by atoms with Crippen LogP contribution in [-0.4, -0.2) is 18.5 Å². The van der Waals surface area contributed by atoms with Crippen molar-refractivity contribution in [2.45, 2.75) is 13.0 Å². The molecule has 3 nitrogen and oxygen atoms in total. The number of amides is 1. The van der Waals surface area contributed by atoms with Gasteiger partial charge in [-0.3, -0.25) is 4.79 Å². The Hall–Kier alpha value is -1.13. The van der Waals surface area contributed by atoms with E-state index in [1.807, 2.05) is 31.2 Å². The largest absolute Gasteiger partial charge is 0.324 e. The van der Waals surface area contributed by atoms with Gasteiger partial charge in [0.05, 0.1) is 12.2 Å². The lowest BCUT2D eigenvalue weighted by Gasteiger charge is -2.10. The lowest BCUT2D eigenvalue weighted by molar-refractivity contribution is -0.115. The van der Waals surface area contributed by atoms with E-state index in [-0.39, 0.29) is 18.5 Å². The van der Waals surface area contributed by atoms with Crippen LogP contribution in [0.5, 0.6) is 0 Å². The van der Waals surface area contributed by atoms with Crippen molar-refractivity contribution in [2.75, 3.05) is 11.9 Å². The molecule has 0 fully saturated rings. The summed E-state index contributed by atoms with van der Waals surface area (Å²) < 4.78 is 0.875. The van der Waals surface area contributed by atoms with Gasteiger partial charge in [-0.25, -0.2) is 0 Å². The Morgan fingerprint density at radius 2 is 2.25 bits per heavy atom. The minimum Gasteiger partial charge on any atom is -0.324 e. The summed E-state index contributed by atoms with van der Waals surface area (Å²) in [5, 5.41) is 5.83. The minimum atomic E-state index is -0.0689. The number of rotatable bonds is 5. The number of hydrogen-bond donors (Lipinski definition) is 2. The number of benzene rings is 1. The highest BCUT2D eigenvalue weighted by molar-refractivity contribution is 9.10. The maximum absolute atomic E-state index is 11.6. The molecule has 0 saturated carbocycles. The van der Waals surface area contributed by atoms with Crippen LogP contribution < -0.4 is 10.6 Å². The van der Waals surface area contributed by atoms with Gasteiger partial charge < -0.3 is 10.6 Å². The van der Waals surface area contributed by atoms with Crippen molar-refractivity contribution >= 4 is 27.5 Å². The fourth-order valence-electron chi connectivity index (χ4n) is 1.09. The van der Waals surface area contributed by atoms with Crippen LogP contribution in [0.4, 0.5) is 5.69 Å². The molecule has 1 amide bonds. The molecule has 0 aliphatic heterocycles. The van der Waals surface area contributed by atoms with E-state index >= 15 is 0 Å². The zero-order valence-corrected chi connectivity index (χ0v) is 10.8. The first-order valence-electron chi connectivity index (χ1n) is 5.04. The smallest absolute Gasteiger partial charge is 0.238 e. The Balaban J connectivity index is 2.46. The van der Waals surface area contributed by atoms with E-state index < -0.39 is 0 Å². The third-order valence-corrected chi connectivity index (χ3v) is 2.78. The van der Waals surface area contributed by atoms with Gasteiger partial charge in [0.1, 0.15) is 0 Å². The molecule has 1 aromatic rings. The second-order valence-electron chi connectivity index (χ2n) is 3.43. The predicted octanol–water partition coefficient (Wildman–Crippen LogP) is 2.55. The van der Waals surface area contributed by atoms with E-state index in [0.717, 1.165) is 10.2 Å². The van der Waals surface area contributed by atoms with Gasteiger partial charge >= 0.3 is 0 Å². The summed E-state index contributed by atoms with van der Waals surface area (Å²) in [4.78, 5) is 11.6. The van der Waals surface area contributed by atoms with Gasteiger partial charge in [0.25, 0.3) is 0 Å². The second kappa shape index (κ2) is 6.45. The summed E-state index contributed by atoms with van der Waals surface area (Å²) in [6, 6.07) is 7.64. The molecule has 0 radical (unpaired) electrons. The van der Waals surface area contributed by atoms with Crippen molar-refractivity contribution in [1.29, 1.82) is 0 Å². The van der Waals surface area contributed by atoms with E-state index in [2.05, 4.69) is 33.1 Å². The van der Waals surface area contributed by atoms with E-state index in [1.165, 1.54) is 0 Å². The molecule has 4 heteroatoms. The lowest BCUT2D eigenvalue weighted by Crippen LogP contribution is -2.33. The summed E-state index contributed by atoms with van der Waals surface area (Å²) in [5.74, 6) is -0.0689. The molecule has 0 bridgehead atoms. The van der Waals surface area contributed by atoms with Crippen molar-refractivity contribution in [2.24, 2.45) is 0 Å². The van der Waals surface area contributed by atoms with Gasteiger partial charge in [0.2, 0.25) is 5.91 Å². The maximum Gasteiger partial charge on any atom is 0.238 e. The summed E-state index contributed by atoms with van der Waals surface area (Å²) in [6.07, 6.45) is 1.76. The quantitative estimate of drug-likeness (QED) is 0.815. The molecule has 1 aromatic carbocycles. The number of hydrogen-bond acceptors (Lipinski definition) is 2. The predicted molar refractivity (Wildman–Crippen MR) is 70.4 cm³/mol. The van der Waals surface area contributed by atoms with E-state index in [0.29, 0.717) is 0 Å². The normalized spacial score (nSPS) is 11.9. The molecule has 1 unspecified atom stereocenters. The van der Waals surface area contributed by atoms with Crippen molar-refractivity contribution in [3.05, 3.63) is 41.4 Å². The van der Waals surface area contributed by atoms with Crippen LogP contribution in [0.2, 0.25) is 0 Å². The Kier molecular flexibility index (Phi) is 5.22. The molecule has 0 saturated heterocycles.